The van der Waals surface area contributed by atoms with Crippen LogP contribution < -0.4 is 5.32 Å². The lowest BCUT2D eigenvalue weighted by molar-refractivity contribution is 0.709. The Morgan fingerprint density at radius 1 is 0.821 bits per heavy atom. The van der Waals surface area contributed by atoms with Gasteiger partial charge in [-0.1, -0.05) is 78.4 Å². The Hall–Kier alpha value is -2.72. The van der Waals surface area contributed by atoms with Crippen molar-refractivity contribution in [3.63, 3.8) is 0 Å². The summed E-state index contributed by atoms with van der Waals surface area (Å²) in [6, 6.07) is 21.2. The first-order valence-corrected chi connectivity index (χ1v) is 10.9. The van der Waals surface area contributed by atoms with Gasteiger partial charge in [0.05, 0.1) is 4.70 Å². The highest BCUT2D eigenvalue weighted by molar-refractivity contribution is 7.22. The summed E-state index contributed by atoms with van der Waals surface area (Å²) in [5.74, 6) is 0. The van der Waals surface area contributed by atoms with Crippen LogP contribution in [0.4, 0.5) is 5.13 Å². The van der Waals surface area contributed by atoms with Crippen LogP contribution in [0, 0.1) is 0 Å². The number of aromatic nitrogens is 2. The molecule has 3 nitrogen and oxygen atoms in total. The summed E-state index contributed by atoms with van der Waals surface area (Å²) >= 11 is 1.73. The van der Waals surface area contributed by atoms with Crippen LogP contribution in [0.1, 0.15) is 36.1 Å². The molecule has 0 saturated heterocycles. The van der Waals surface area contributed by atoms with E-state index >= 15 is 0 Å². The fourth-order valence-electron chi connectivity index (χ4n) is 4.03. The first-order chi connectivity index (χ1) is 13.9. The van der Waals surface area contributed by atoms with Crippen LogP contribution in [0.5, 0.6) is 0 Å². The summed E-state index contributed by atoms with van der Waals surface area (Å²) in [6.07, 6.45) is 5.94. The molecular weight excluding hydrogens is 362 g/mol. The zero-order valence-corrected chi connectivity index (χ0v) is 16.6. The van der Waals surface area contributed by atoms with E-state index in [-0.39, 0.29) is 0 Å². The van der Waals surface area contributed by atoms with Gasteiger partial charge >= 0.3 is 0 Å². The van der Waals surface area contributed by atoms with E-state index in [4.69, 9.17) is 9.97 Å². The monoisotopic (exact) mass is 385 g/mol. The van der Waals surface area contributed by atoms with Gasteiger partial charge in [-0.05, 0) is 42.4 Å². The molecule has 2 aromatic heterocycles. The number of fused-ring (bicyclic) bond motifs is 2. The van der Waals surface area contributed by atoms with E-state index in [1.807, 2.05) is 6.07 Å². The largest absolute Gasteiger partial charge is 0.357 e. The molecule has 0 saturated carbocycles. The molecule has 1 aliphatic rings. The van der Waals surface area contributed by atoms with Crippen molar-refractivity contribution in [2.75, 3.05) is 5.32 Å². The fraction of sp³-hybridized carbons (Fsp3) is 0.250. The standard InChI is InChI=1S/C24H23N3S/c1-4-10-17(11-5-1)16-25-24-27-23-22(28-24)21(18-12-6-2-7-13-18)19-14-8-3-9-15-20(19)26-23/h1-2,4-7,10-13H,3,8-9,14-16H2,(H,25,26,27). The topological polar surface area (TPSA) is 37.8 Å². The zero-order chi connectivity index (χ0) is 18.8. The molecule has 4 heteroatoms. The Bertz CT molecular complexity index is 1090. The third-order valence-electron chi connectivity index (χ3n) is 5.42. The predicted molar refractivity (Wildman–Crippen MR) is 118 cm³/mol. The molecule has 28 heavy (non-hydrogen) atoms. The highest BCUT2D eigenvalue weighted by Gasteiger charge is 2.21. The second kappa shape index (κ2) is 7.72. The third-order valence-corrected chi connectivity index (χ3v) is 6.44. The van der Waals surface area contributed by atoms with Gasteiger partial charge in [-0.15, -0.1) is 0 Å². The molecule has 1 N–H and O–H groups in total. The van der Waals surface area contributed by atoms with Crippen molar-refractivity contribution in [3.05, 3.63) is 77.5 Å². The Morgan fingerprint density at radius 2 is 1.57 bits per heavy atom. The maximum atomic E-state index is 5.00. The second-order valence-corrected chi connectivity index (χ2v) is 8.35. The maximum absolute atomic E-state index is 5.00. The van der Waals surface area contributed by atoms with E-state index in [0.29, 0.717) is 0 Å². The molecule has 2 aromatic carbocycles. The van der Waals surface area contributed by atoms with Gasteiger partial charge in [-0.25, -0.2) is 9.97 Å². The minimum absolute atomic E-state index is 0.779. The van der Waals surface area contributed by atoms with Gasteiger partial charge in [0.25, 0.3) is 0 Å². The number of benzene rings is 2. The molecule has 0 bridgehead atoms. The Balaban J connectivity index is 1.59. The van der Waals surface area contributed by atoms with Gasteiger partial charge in [-0.3, -0.25) is 0 Å². The average molecular weight is 386 g/mol. The number of hydrogen-bond donors (Lipinski definition) is 1. The van der Waals surface area contributed by atoms with E-state index in [1.165, 1.54) is 51.9 Å². The summed E-state index contributed by atoms with van der Waals surface area (Å²) in [6.45, 7) is 0.779. The van der Waals surface area contributed by atoms with E-state index < -0.39 is 0 Å². The lowest BCUT2D eigenvalue weighted by Crippen LogP contribution is -2.00. The maximum Gasteiger partial charge on any atom is 0.185 e. The average Bonchev–Trinajstić information content (AvgIpc) is 3.00. The fourth-order valence-corrected chi connectivity index (χ4v) is 5.03. The number of hydrogen-bond acceptors (Lipinski definition) is 4. The highest BCUT2D eigenvalue weighted by Crippen LogP contribution is 2.40. The van der Waals surface area contributed by atoms with E-state index in [1.54, 1.807) is 11.3 Å². The summed E-state index contributed by atoms with van der Waals surface area (Å²) in [5.41, 5.74) is 7.48. The van der Waals surface area contributed by atoms with Crippen molar-refractivity contribution in [1.82, 2.24) is 9.97 Å². The quantitative estimate of drug-likeness (QED) is 0.423. The molecule has 0 fully saturated rings. The lowest BCUT2D eigenvalue weighted by atomic mass is 9.96. The molecule has 5 rings (SSSR count). The van der Waals surface area contributed by atoms with E-state index in [0.717, 1.165) is 30.2 Å². The molecule has 140 valence electrons. The van der Waals surface area contributed by atoms with Crippen LogP contribution >= 0.6 is 11.3 Å². The summed E-state index contributed by atoms with van der Waals surface area (Å²) < 4.78 is 1.21. The molecule has 4 aromatic rings. The van der Waals surface area contributed by atoms with Crippen molar-refractivity contribution in [2.45, 2.75) is 38.6 Å². The van der Waals surface area contributed by atoms with Gasteiger partial charge in [0.15, 0.2) is 10.8 Å². The van der Waals surface area contributed by atoms with Crippen molar-refractivity contribution in [2.24, 2.45) is 0 Å². The third kappa shape index (κ3) is 3.40. The number of rotatable bonds is 4. The number of nitrogens with zero attached hydrogens (tertiary/aromatic N) is 2. The Labute approximate surface area is 169 Å². The molecule has 1 aliphatic carbocycles. The first-order valence-electron chi connectivity index (χ1n) is 10.0. The lowest BCUT2D eigenvalue weighted by Gasteiger charge is -2.13. The molecular formula is C24H23N3S. The van der Waals surface area contributed by atoms with Crippen LogP contribution in [0.15, 0.2) is 60.7 Å². The molecule has 0 unspecified atom stereocenters. The van der Waals surface area contributed by atoms with E-state index in [9.17, 15) is 0 Å². The molecule has 0 spiro atoms. The molecule has 2 heterocycles. The first kappa shape index (κ1) is 17.4. The minimum atomic E-state index is 0.779. The van der Waals surface area contributed by atoms with Gasteiger partial charge in [0, 0.05) is 17.8 Å². The zero-order valence-electron chi connectivity index (χ0n) is 15.8. The van der Waals surface area contributed by atoms with Gasteiger partial charge < -0.3 is 5.32 Å². The van der Waals surface area contributed by atoms with E-state index in [2.05, 4.69) is 59.9 Å². The van der Waals surface area contributed by atoms with Crippen molar-refractivity contribution in [1.29, 1.82) is 0 Å². The molecule has 0 amide bonds. The number of aryl methyl sites for hydroxylation is 1. The van der Waals surface area contributed by atoms with Gasteiger partial charge in [0.1, 0.15) is 0 Å². The second-order valence-electron chi connectivity index (χ2n) is 7.35. The van der Waals surface area contributed by atoms with Gasteiger partial charge in [0.2, 0.25) is 0 Å². The Kier molecular flexibility index (Phi) is 4.79. The smallest absolute Gasteiger partial charge is 0.185 e. The van der Waals surface area contributed by atoms with Crippen LogP contribution in [0.2, 0.25) is 0 Å². The normalized spacial score (nSPS) is 13.9. The van der Waals surface area contributed by atoms with Crippen LogP contribution in [-0.2, 0) is 19.4 Å². The highest BCUT2D eigenvalue weighted by atomic mass is 32.1. The molecule has 0 atom stereocenters. The van der Waals surface area contributed by atoms with Crippen LogP contribution in [-0.4, -0.2) is 9.97 Å². The predicted octanol–water partition coefficient (Wildman–Crippen LogP) is 6.24. The Morgan fingerprint density at radius 3 is 2.39 bits per heavy atom. The van der Waals surface area contributed by atoms with Crippen LogP contribution in [0.3, 0.4) is 0 Å². The SMILES string of the molecule is c1ccc(CNc2nc3nc4c(c(-c5ccccc5)c3s2)CCCCC4)cc1. The van der Waals surface area contributed by atoms with Crippen molar-refractivity contribution < 1.29 is 0 Å². The molecule has 0 radical (unpaired) electrons. The summed E-state index contributed by atoms with van der Waals surface area (Å²) in [7, 11) is 0. The summed E-state index contributed by atoms with van der Waals surface area (Å²) in [5, 5.41) is 4.45. The number of anilines is 1. The van der Waals surface area contributed by atoms with Crippen LogP contribution in [0.25, 0.3) is 21.5 Å². The number of pyridine rings is 1. The number of nitrogens with one attached hydrogen (secondary N) is 1. The summed E-state index contributed by atoms with van der Waals surface area (Å²) in [4.78, 5) is 9.85. The van der Waals surface area contributed by atoms with Gasteiger partial charge in [-0.2, -0.15) is 0 Å². The van der Waals surface area contributed by atoms with Crippen molar-refractivity contribution >= 4 is 26.8 Å². The number of thiazole rings is 1. The van der Waals surface area contributed by atoms with Crippen molar-refractivity contribution in [3.8, 4) is 11.1 Å². The molecule has 0 aliphatic heterocycles. The minimum Gasteiger partial charge on any atom is -0.357 e.